The molecule has 0 aromatic heterocycles. The van der Waals surface area contributed by atoms with Gasteiger partial charge in [0.1, 0.15) is 0 Å². The number of nitrogens with zero attached hydrogens (tertiary/aromatic N) is 1. The zero-order chi connectivity index (χ0) is 19.1. The summed E-state index contributed by atoms with van der Waals surface area (Å²) in [5.74, 6) is -0.759. The van der Waals surface area contributed by atoms with E-state index < -0.39 is 5.97 Å². The van der Waals surface area contributed by atoms with Gasteiger partial charge in [0.25, 0.3) is 0 Å². The lowest BCUT2D eigenvalue weighted by atomic mass is 10.0. The van der Waals surface area contributed by atoms with E-state index in [1.807, 2.05) is 30.3 Å². The number of rotatable bonds is 9. The van der Waals surface area contributed by atoms with Crippen molar-refractivity contribution >= 4 is 23.3 Å². The fourth-order valence-electron chi connectivity index (χ4n) is 3.70. The first kappa shape index (κ1) is 19.7. The molecule has 0 saturated carbocycles. The maximum absolute atomic E-state index is 11.1. The van der Waals surface area contributed by atoms with Crippen molar-refractivity contribution in [1.82, 2.24) is 5.32 Å². The number of aliphatic carboxylic acids is 1. The highest BCUT2D eigenvalue weighted by Crippen LogP contribution is 2.30. The van der Waals surface area contributed by atoms with Crippen molar-refractivity contribution in [2.24, 2.45) is 0 Å². The van der Waals surface area contributed by atoms with Crippen LogP contribution >= 0.6 is 11.6 Å². The van der Waals surface area contributed by atoms with Gasteiger partial charge >= 0.3 is 5.97 Å². The molecule has 0 bridgehead atoms. The van der Waals surface area contributed by atoms with E-state index in [1.54, 1.807) is 0 Å². The Morgan fingerprint density at radius 2 is 1.85 bits per heavy atom. The van der Waals surface area contributed by atoms with E-state index in [2.05, 4.69) is 28.4 Å². The SMILES string of the molecule is O=C(O)CCC(Cc1ccccc1)NCc1c(Cl)cccc1N1CCCC1. The third kappa shape index (κ3) is 5.72. The second kappa shape index (κ2) is 9.77. The van der Waals surface area contributed by atoms with Crippen LogP contribution in [-0.4, -0.2) is 30.2 Å². The highest BCUT2D eigenvalue weighted by molar-refractivity contribution is 6.31. The molecule has 3 rings (SSSR count). The zero-order valence-corrected chi connectivity index (χ0v) is 16.3. The van der Waals surface area contributed by atoms with Crippen molar-refractivity contribution in [1.29, 1.82) is 0 Å². The zero-order valence-electron chi connectivity index (χ0n) is 15.5. The highest BCUT2D eigenvalue weighted by atomic mass is 35.5. The van der Waals surface area contributed by atoms with E-state index in [1.165, 1.54) is 24.1 Å². The minimum atomic E-state index is -0.759. The maximum Gasteiger partial charge on any atom is 0.303 e. The predicted octanol–water partition coefficient (Wildman–Crippen LogP) is 4.51. The average molecular weight is 387 g/mol. The Labute approximate surface area is 166 Å². The number of halogens is 1. The molecule has 144 valence electrons. The quantitative estimate of drug-likeness (QED) is 0.666. The minimum Gasteiger partial charge on any atom is -0.481 e. The lowest BCUT2D eigenvalue weighted by Crippen LogP contribution is -2.32. The number of benzene rings is 2. The van der Waals surface area contributed by atoms with Crippen LogP contribution in [0, 0.1) is 0 Å². The molecule has 1 heterocycles. The number of carboxylic acids is 1. The first-order valence-electron chi connectivity index (χ1n) is 9.65. The predicted molar refractivity (Wildman–Crippen MR) is 111 cm³/mol. The monoisotopic (exact) mass is 386 g/mol. The number of hydrogen-bond donors (Lipinski definition) is 2. The van der Waals surface area contributed by atoms with Crippen molar-refractivity contribution in [2.75, 3.05) is 18.0 Å². The van der Waals surface area contributed by atoms with Crippen LogP contribution in [0.3, 0.4) is 0 Å². The molecule has 0 radical (unpaired) electrons. The Morgan fingerprint density at radius 3 is 2.56 bits per heavy atom. The molecule has 4 nitrogen and oxygen atoms in total. The summed E-state index contributed by atoms with van der Waals surface area (Å²) in [5, 5.41) is 13.4. The van der Waals surface area contributed by atoms with E-state index in [0.717, 1.165) is 30.1 Å². The van der Waals surface area contributed by atoms with Gasteiger partial charge in [-0.25, -0.2) is 0 Å². The fourth-order valence-corrected chi connectivity index (χ4v) is 3.93. The Hall–Kier alpha value is -2.04. The molecule has 1 unspecified atom stereocenters. The molecular weight excluding hydrogens is 360 g/mol. The van der Waals surface area contributed by atoms with E-state index in [4.69, 9.17) is 16.7 Å². The van der Waals surface area contributed by atoms with Gasteiger partial charge in [0, 0.05) is 48.4 Å². The van der Waals surface area contributed by atoms with Crippen LogP contribution in [-0.2, 0) is 17.8 Å². The molecule has 1 aliphatic rings. The number of hydrogen-bond acceptors (Lipinski definition) is 3. The summed E-state index contributed by atoms with van der Waals surface area (Å²) in [4.78, 5) is 13.5. The molecule has 5 heteroatoms. The molecule has 1 aliphatic heterocycles. The van der Waals surface area contributed by atoms with Gasteiger partial charge in [-0.15, -0.1) is 0 Å². The molecule has 0 spiro atoms. The number of carbonyl (C=O) groups is 1. The van der Waals surface area contributed by atoms with Gasteiger partial charge in [0.15, 0.2) is 0 Å². The highest BCUT2D eigenvalue weighted by Gasteiger charge is 2.19. The van der Waals surface area contributed by atoms with Gasteiger partial charge in [-0.05, 0) is 43.4 Å². The Morgan fingerprint density at radius 1 is 1.11 bits per heavy atom. The van der Waals surface area contributed by atoms with Gasteiger partial charge in [0.2, 0.25) is 0 Å². The Balaban J connectivity index is 1.71. The largest absolute Gasteiger partial charge is 0.481 e. The molecule has 2 aromatic carbocycles. The van der Waals surface area contributed by atoms with Gasteiger partial charge in [-0.2, -0.15) is 0 Å². The van der Waals surface area contributed by atoms with E-state index in [9.17, 15) is 4.79 Å². The molecule has 27 heavy (non-hydrogen) atoms. The lowest BCUT2D eigenvalue weighted by molar-refractivity contribution is -0.137. The first-order valence-corrected chi connectivity index (χ1v) is 10.0. The van der Waals surface area contributed by atoms with Crippen LogP contribution in [0.1, 0.15) is 36.8 Å². The standard InChI is InChI=1S/C22H27ClN2O2/c23-20-9-6-10-21(25-13-4-5-14-25)19(20)16-24-18(11-12-22(26)27)15-17-7-2-1-3-8-17/h1-3,6-10,18,24H,4-5,11-16H2,(H,26,27). The summed E-state index contributed by atoms with van der Waals surface area (Å²) in [6, 6.07) is 16.4. The Kier molecular flexibility index (Phi) is 7.13. The fraction of sp³-hybridized carbons (Fsp3) is 0.409. The second-order valence-electron chi connectivity index (χ2n) is 7.13. The molecule has 2 aromatic rings. The van der Waals surface area contributed by atoms with Crippen LogP contribution in [0.2, 0.25) is 5.02 Å². The summed E-state index contributed by atoms with van der Waals surface area (Å²) in [5.41, 5.74) is 3.51. The summed E-state index contributed by atoms with van der Waals surface area (Å²) >= 11 is 6.52. The normalized spacial score (nSPS) is 15.1. The maximum atomic E-state index is 11.1. The molecule has 1 fully saturated rings. The molecule has 0 amide bonds. The lowest BCUT2D eigenvalue weighted by Gasteiger charge is -2.24. The van der Waals surface area contributed by atoms with Crippen molar-refractivity contribution in [3.63, 3.8) is 0 Å². The summed E-state index contributed by atoms with van der Waals surface area (Å²) in [7, 11) is 0. The van der Waals surface area contributed by atoms with Crippen LogP contribution in [0.4, 0.5) is 5.69 Å². The van der Waals surface area contributed by atoms with Crippen LogP contribution in [0.15, 0.2) is 48.5 Å². The molecule has 1 atom stereocenters. The van der Waals surface area contributed by atoms with Gasteiger partial charge in [-0.1, -0.05) is 48.0 Å². The topological polar surface area (TPSA) is 52.6 Å². The van der Waals surface area contributed by atoms with E-state index >= 15 is 0 Å². The summed E-state index contributed by atoms with van der Waals surface area (Å²) < 4.78 is 0. The molecule has 1 saturated heterocycles. The van der Waals surface area contributed by atoms with Gasteiger partial charge in [0.05, 0.1) is 0 Å². The van der Waals surface area contributed by atoms with Crippen LogP contribution in [0.5, 0.6) is 0 Å². The first-order chi connectivity index (χ1) is 13.1. The second-order valence-corrected chi connectivity index (χ2v) is 7.54. The van der Waals surface area contributed by atoms with Crippen LogP contribution < -0.4 is 10.2 Å². The number of carboxylic acid groups (broad SMARTS) is 1. The van der Waals surface area contributed by atoms with Gasteiger partial charge < -0.3 is 15.3 Å². The number of nitrogens with one attached hydrogen (secondary N) is 1. The number of anilines is 1. The van der Waals surface area contributed by atoms with Crippen molar-refractivity contribution in [3.8, 4) is 0 Å². The van der Waals surface area contributed by atoms with Crippen LogP contribution in [0.25, 0.3) is 0 Å². The molecular formula is C22H27ClN2O2. The minimum absolute atomic E-state index is 0.0891. The van der Waals surface area contributed by atoms with Gasteiger partial charge in [-0.3, -0.25) is 4.79 Å². The Bertz CT molecular complexity index is 745. The average Bonchev–Trinajstić information content (AvgIpc) is 3.20. The van der Waals surface area contributed by atoms with Crippen molar-refractivity contribution < 1.29 is 9.90 Å². The summed E-state index contributed by atoms with van der Waals surface area (Å²) in [6.45, 7) is 2.78. The third-order valence-electron chi connectivity index (χ3n) is 5.14. The van der Waals surface area contributed by atoms with Crippen molar-refractivity contribution in [3.05, 3.63) is 64.7 Å². The molecule has 2 N–H and O–H groups in total. The van der Waals surface area contributed by atoms with E-state index in [-0.39, 0.29) is 12.5 Å². The smallest absolute Gasteiger partial charge is 0.303 e. The molecule has 0 aliphatic carbocycles. The van der Waals surface area contributed by atoms with E-state index in [0.29, 0.717) is 13.0 Å². The van der Waals surface area contributed by atoms with Crippen molar-refractivity contribution in [2.45, 2.75) is 44.7 Å². The third-order valence-corrected chi connectivity index (χ3v) is 5.49. The summed E-state index contributed by atoms with van der Waals surface area (Å²) in [6.07, 6.45) is 3.99.